The van der Waals surface area contributed by atoms with Gasteiger partial charge in [0.15, 0.2) is 0 Å². The summed E-state index contributed by atoms with van der Waals surface area (Å²) in [5.74, 6) is 2.54. The van der Waals surface area contributed by atoms with Crippen molar-refractivity contribution in [3.63, 3.8) is 0 Å². The molecule has 4 heteroatoms. The van der Waals surface area contributed by atoms with Crippen molar-refractivity contribution in [1.82, 2.24) is 0 Å². The topological polar surface area (TPSA) is 18.5 Å². The molecule has 2 rings (SSSR count). The van der Waals surface area contributed by atoms with Crippen LogP contribution in [0, 0.1) is 0 Å². The SMILES string of the molecule is CCOc1cccc(Oc2ccc(Cl)cc2CCl)c1. The molecule has 0 unspecified atom stereocenters. The van der Waals surface area contributed by atoms with Crippen molar-refractivity contribution in [3.05, 3.63) is 53.1 Å². The van der Waals surface area contributed by atoms with Crippen molar-refractivity contribution in [2.75, 3.05) is 6.61 Å². The van der Waals surface area contributed by atoms with Crippen molar-refractivity contribution in [3.8, 4) is 17.2 Å². The van der Waals surface area contributed by atoms with Crippen LogP contribution in [-0.4, -0.2) is 6.61 Å². The fraction of sp³-hybridized carbons (Fsp3) is 0.200. The molecule has 0 bridgehead atoms. The Bertz CT molecular complexity index is 556. The summed E-state index contributed by atoms with van der Waals surface area (Å²) in [7, 11) is 0. The predicted octanol–water partition coefficient (Wildman–Crippen LogP) is 5.27. The zero-order valence-corrected chi connectivity index (χ0v) is 12.0. The van der Waals surface area contributed by atoms with Gasteiger partial charge in [-0.2, -0.15) is 0 Å². The van der Waals surface area contributed by atoms with E-state index in [0.717, 1.165) is 11.3 Å². The molecule has 0 saturated heterocycles. The van der Waals surface area contributed by atoms with E-state index in [1.165, 1.54) is 0 Å². The van der Waals surface area contributed by atoms with Gasteiger partial charge in [-0.1, -0.05) is 17.7 Å². The normalized spacial score (nSPS) is 10.3. The molecule has 0 saturated carbocycles. The van der Waals surface area contributed by atoms with Gasteiger partial charge in [-0.3, -0.25) is 0 Å². The monoisotopic (exact) mass is 296 g/mol. The molecule has 0 amide bonds. The minimum absolute atomic E-state index is 0.348. The summed E-state index contributed by atoms with van der Waals surface area (Å²) in [5.41, 5.74) is 0.857. The largest absolute Gasteiger partial charge is 0.494 e. The van der Waals surface area contributed by atoms with Gasteiger partial charge in [0.1, 0.15) is 17.2 Å². The van der Waals surface area contributed by atoms with Crippen LogP contribution in [0.2, 0.25) is 5.02 Å². The summed E-state index contributed by atoms with van der Waals surface area (Å²) in [5, 5.41) is 0.645. The Labute approximate surface area is 122 Å². The molecule has 0 aliphatic heterocycles. The van der Waals surface area contributed by atoms with E-state index < -0.39 is 0 Å². The summed E-state index contributed by atoms with van der Waals surface area (Å²) >= 11 is 11.8. The lowest BCUT2D eigenvalue weighted by Crippen LogP contribution is -1.93. The highest BCUT2D eigenvalue weighted by Crippen LogP contribution is 2.30. The number of ether oxygens (including phenoxy) is 2. The third-order valence-corrected chi connectivity index (χ3v) is 3.03. The van der Waals surface area contributed by atoms with Gasteiger partial charge in [0.2, 0.25) is 0 Å². The van der Waals surface area contributed by atoms with E-state index in [4.69, 9.17) is 32.7 Å². The van der Waals surface area contributed by atoms with Crippen molar-refractivity contribution in [1.29, 1.82) is 0 Å². The number of halogens is 2. The second-order valence-corrected chi connectivity index (χ2v) is 4.60. The lowest BCUT2D eigenvalue weighted by Gasteiger charge is -2.11. The first-order valence-electron chi connectivity index (χ1n) is 5.98. The molecule has 0 fully saturated rings. The second-order valence-electron chi connectivity index (χ2n) is 3.90. The molecular formula is C15H14Cl2O2. The summed E-state index contributed by atoms with van der Waals surface area (Å²) < 4.78 is 11.3. The molecule has 0 N–H and O–H groups in total. The molecule has 0 aliphatic rings. The maximum Gasteiger partial charge on any atom is 0.131 e. The molecule has 0 aromatic heterocycles. The Morgan fingerprint density at radius 3 is 2.58 bits per heavy atom. The quantitative estimate of drug-likeness (QED) is 0.700. The van der Waals surface area contributed by atoms with Crippen LogP contribution in [0.5, 0.6) is 17.2 Å². The molecular weight excluding hydrogens is 283 g/mol. The van der Waals surface area contributed by atoms with Crippen LogP contribution in [0.1, 0.15) is 12.5 Å². The summed E-state index contributed by atoms with van der Waals surface area (Å²) in [6.07, 6.45) is 0. The highest BCUT2D eigenvalue weighted by atomic mass is 35.5. The van der Waals surface area contributed by atoms with Crippen molar-refractivity contribution in [2.45, 2.75) is 12.8 Å². The summed E-state index contributed by atoms with van der Waals surface area (Å²) in [6.45, 7) is 2.57. The molecule has 0 spiro atoms. The third kappa shape index (κ3) is 3.79. The molecule has 2 aromatic carbocycles. The first-order valence-corrected chi connectivity index (χ1v) is 6.89. The van der Waals surface area contributed by atoms with Crippen molar-refractivity contribution in [2.24, 2.45) is 0 Å². The molecule has 2 nitrogen and oxygen atoms in total. The fourth-order valence-corrected chi connectivity index (χ4v) is 2.08. The Hall–Kier alpha value is -1.38. The second kappa shape index (κ2) is 6.69. The van der Waals surface area contributed by atoms with Crippen LogP contribution in [0.25, 0.3) is 0 Å². The molecule has 0 atom stereocenters. The first-order chi connectivity index (χ1) is 9.22. The molecule has 0 heterocycles. The van der Waals surface area contributed by atoms with Gasteiger partial charge in [0, 0.05) is 16.7 Å². The third-order valence-electron chi connectivity index (χ3n) is 2.51. The van der Waals surface area contributed by atoms with Crippen LogP contribution in [0.15, 0.2) is 42.5 Å². The van der Waals surface area contributed by atoms with Crippen LogP contribution in [-0.2, 0) is 5.88 Å². The minimum Gasteiger partial charge on any atom is -0.494 e. The predicted molar refractivity (Wildman–Crippen MR) is 78.7 cm³/mol. The highest BCUT2D eigenvalue weighted by molar-refractivity contribution is 6.30. The lowest BCUT2D eigenvalue weighted by molar-refractivity contribution is 0.338. The highest BCUT2D eigenvalue weighted by Gasteiger charge is 2.06. The van der Waals surface area contributed by atoms with Gasteiger partial charge in [0.25, 0.3) is 0 Å². The Balaban J connectivity index is 2.23. The van der Waals surface area contributed by atoms with Crippen LogP contribution < -0.4 is 9.47 Å². The average Bonchev–Trinajstić information content (AvgIpc) is 2.41. The fourth-order valence-electron chi connectivity index (χ4n) is 1.67. The minimum atomic E-state index is 0.348. The van der Waals surface area contributed by atoms with Crippen LogP contribution in [0.3, 0.4) is 0 Å². The number of alkyl halides is 1. The van der Waals surface area contributed by atoms with Crippen LogP contribution in [0.4, 0.5) is 0 Å². The number of rotatable bonds is 5. The smallest absolute Gasteiger partial charge is 0.131 e. The molecule has 100 valence electrons. The van der Waals surface area contributed by atoms with Gasteiger partial charge < -0.3 is 9.47 Å². The van der Waals surface area contributed by atoms with Crippen molar-refractivity contribution >= 4 is 23.2 Å². The Kier molecular flexibility index (Phi) is 4.94. The van der Waals surface area contributed by atoms with Gasteiger partial charge in [-0.05, 0) is 37.3 Å². The van der Waals surface area contributed by atoms with Crippen molar-refractivity contribution < 1.29 is 9.47 Å². The lowest BCUT2D eigenvalue weighted by atomic mass is 10.2. The van der Waals surface area contributed by atoms with E-state index in [2.05, 4.69) is 0 Å². The van der Waals surface area contributed by atoms with Gasteiger partial charge in [-0.15, -0.1) is 11.6 Å². The Morgan fingerprint density at radius 2 is 1.84 bits per heavy atom. The zero-order chi connectivity index (χ0) is 13.7. The number of hydrogen-bond donors (Lipinski definition) is 0. The van der Waals surface area contributed by atoms with E-state index in [9.17, 15) is 0 Å². The summed E-state index contributed by atoms with van der Waals surface area (Å²) in [4.78, 5) is 0. The molecule has 2 aromatic rings. The standard InChI is InChI=1S/C15H14Cl2O2/c1-2-18-13-4-3-5-14(9-13)19-15-7-6-12(17)8-11(15)10-16/h3-9H,2,10H2,1H3. The maximum atomic E-state index is 5.93. The van der Waals surface area contributed by atoms with Gasteiger partial charge in [0.05, 0.1) is 12.5 Å². The van der Waals surface area contributed by atoms with E-state index in [-0.39, 0.29) is 0 Å². The molecule has 0 radical (unpaired) electrons. The Morgan fingerprint density at radius 1 is 1.05 bits per heavy atom. The summed E-state index contributed by atoms with van der Waals surface area (Å²) in [6, 6.07) is 12.9. The van der Waals surface area contributed by atoms with E-state index in [0.29, 0.717) is 29.0 Å². The molecule has 19 heavy (non-hydrogen) atoms. The van der Waals surface area contributed by atoms with E-state index in [1.807, 2.05) is 37.3 Å². The zero-order valence-electron chi connectivity index (χ0n) is 10.5. The first kappa shape index (κ1) is 14.0. The van der Waals surface area contributed by atoms with Gasteiger partial charge >= 0.3 is 0 Å². The average molecular weight is 297 g/mol. The molecule has 0 aliphatic carbocycles. The number of benzene rings is 2. The van der Waals surface area contributed by atoms with E-state index >= 15 is 0 Å². The maximum absolute atomic E-state index is 5.93. The number of hydrogen-bond acceptors (Lipinski definition) is 2. The van der Waals surface area contributed by atoms with Gasteiger partial charge in [-0.25, -0.2) is 0 Å². The van der Waals surface area contributed by atoms with E-state index in [1.54, 1.807) is 12.1 Å². The van der Waals surface area contributed by atoms with Crippen LogP contribution >= 0.6 is 23.2 Å².